The van der Waals surface area contributed by atoms with Crippen molar-refractivity contribution in [1.82, 2.24) is 0 Å². The molecule has 112 valence electrons. The molecule has 1 N–H and O–H groups in total. The van der Waals surface area contributed by atoms with Crippen LogP contribution in [0.15, 0.2) is 66.7 Å². The summed E-state index contributed by atoms with van der Waals surface area (Å²) >= 11 is 0. The molecule has 0 unspecified atom stereocenters. The summed E-state index contributed by atoms with van der Waals surface area (Å²) in [7, 11) is 0. The molecule has 2 rings (SSSR count). The second-order valence-corrected chi connectivity index (χ2v) is 4.68. The van der Waals surface area contributed by atoms with E-state index in [-0.39, 0.29) is 5.91 Å². The van der Waals surface area contributed by atoms with Crippen LogP contribution in [-0.2, 0) is 14.3 Å². The van der Waals surface area contributed by atoms with Crippen molar-refractivity contribution in [1.29, 1.82) is 0 Å². The van der Waals surface area contributed by atoms with Crippen LogP contribution in [0.4, 0.5) is 5.69 Å². The van der Waals surface area contributed by atoms with Gasteiger partial charge in [0.2, 0.25) is 0 Å². The largest absolute Gasteiger partial charge is 0.449 e. The van der Waals surface area contributed by atoms with Gasteiger partial charge in [-0.05, 0) is 30.7 Å². The summed E-state index contributed by atoms with van der Waals surface area (Å²) in [6, 6.07) is 18.4. The van der Waals surface area contributed by atoms with E-state index in [1.165, 1.54) is 13.0 Å². The van der Waals surface area contributed by atoms with Crippen LogP contribution in [0.5, 0.6) is 0 Å². The molecule has 4 heteroatoms. The number of rotatable bonds is 5. The summed E-state index contributed by atoms with van der Waals surface area (Å²) in [6.07, 6.45) is 2.08. The van der Waals surface area contributed by atoms with Crippen LogP contribution in [0.3, 0.4) is 0 Å². The maximum atomic E-state index is 11.9. The fraction of sp³-hybridized carbons (Fsp3) is 0.111. The number of para-hydroxylation sites is 1. The number of benzene rings is 2. The number of esters is 1. The number of ether oxygens (including phenoxy) is 1. The van der Waals surface area contributed by atoms with E-state index in [4.69, 9.17) is 4.74 Å². The Morgan fingerprint density at radius 1 is 1.00 bits per heavy atom. The lowest BCUT2D eigenvalue weighted by molar-refractivity contribution is -0.148. The van der Waals surface area contributed by atoms with Gasteiger partial charge in [-0.1, -0.05) is 48.5 Å². The SMILES string of the molecule is C[C@@H](OC(=O)/C=C/c1ccccc1)C(=O)Nc1ccccc1. The summed E-state index contributed by atoms with van der Waals surface area (Å²) in [5, 5.41) is 2.68. The monoisotopic (exact) mass is 295 g/mol. The van der Waals surface area contributed by atoms with Crippen molar-refractivity contribution >= 4 is 23.6 Å². The first-order chi connectivity index (χ1) is 10.6. The van der Waals surface area contributed by atoms with Gasteiger partial charge in [0, 0.05) is 11.8 Å². The molecule has 2 aromatic rings. The molecule has 0 heterocycles. The van der Waals surface area contributed by atoms with Gasteiger partial charge >= 0.3 is 5.97 Å². The van der Waals surface area contributed by atoms with Crippen LogP contribution in [0, 0.1) is 0 Å². The zero-order valence-corrected chi connectivity index (χ0v) is 12.2. The highest BCUT2D eigenvalue weighted by molar-refractivity contribution is 5.96. The molecule has 0 fully saturated rings. The lowest BCUT2D eigenvalue weighted by Gasteiger charge is -2.12. The first-order valence-electron chi connectivity index (χ1n) is 6.95. The van der Waals surface area contributed by atoms with Crippen LogP contribution >= 0.6 is 0 Å². The van der Waals surface area contributed by atoms with Crippen LogP contribution in [0.25, 0.3) is 6.08 Å². The van der Waals surface area contributed by atoms with E-state index in [2.05, 4.69) is 5.32 Å². The third kappa shape index (κ3) is 4.90. The molecule has 1 atom stereocenters. The molecule has 0 saturated carbocycles. The van der Waals surface area contributed by atoms with Crippen molar-refractivity contribution in [2.45, 2.75) is 13.0 Å². The van der Waals surface area contributed by atoms with E-state index >= 15 is 0 Å². The summed E-state index contributed by atoms with van der Waals surface area (Å²) in [5.74, 6) is -0.924. The number of hydrogen-bond donors (Lipinski definition) is 1. The zero-order chi connectivity index (χ0) is 15.8. The van der Waals surface area contributed by atoms with Crippen molar-refractivity contribution in [3.8, 4) is 0 Å². The van der Waals surface area contributed by atoms with Gasteiger partial charge in [-0.25, -0.2) is 4.79 Å². The van der Waals surface area contributed by atoms with E-state index in [1.54, 1.807) is 18.2 Å². The van der Waals surface area contributed by atoms with Gasteiger partial charge < -0.3 is 10.1 Å². The Labute approximate surface area is 129 Å². The minimum Gasteiger partial charge on any atom is -0.449 e. The van der Waals surface area contributed by atoms with Gasteiger partial charge in [-0.2, -0.15) is 0 Å². The van der Waals surface area contributed by atoms with Gasteiger partial charge in [0.15, 0.2) is 6.10 Å². The Hall–Kier alpha value is -2.88. The first kappa shape index (κ1) is 15.5. The molecule has 0 spiro atoms. The summed E-state index contributed by atoms with van der Waals surface area (Å²) in [4.78, 5) is 23.6. The quantitative estimate of drug-likeness (QED) is 0.680. The number of anilines is 1. The molecule has 0 saturated heterocycles. The highest BCUT2D eigenvalue weighted by Crippen LogP contribution is 2.07. The van der Waals surface area contributed by atoms with Crippen molar-refractivity contribution in [3.63, 3.8) is 0 Å². The molecular weight excluding hydrogens is 278 g/mol. The van der Waals surface area contributed by atoms with Gasteiger partial charge in [-0.3, -0.25) is 4.79 Å². The molecular formula is C18H17NO3. The average molecular weight is 295 g/mol. The lowest BCUT2D eigenvalue weighted by Crippen LogP contribution is -2.29. The number of amides is 1. The fourth-order valence-corrected chi connectivity index (χ4v) is 1.76. The number of nitrogens with one attached hydrogen (secondary N) is 1. The predicted octanol–water partition coefficient (Wildman–Crippen LogP) is 3.27. The minimum absolute atomic E-state index is 0.368. The van der Waals surface area contributed by atoms with Crippen LogP contribution in [-0.4, -0.2) is 18.0 Å². The molecule has 1 amide bonds. The smallest absolute Gasteiger partial charge is 0.331 e. The summed E-state index contributed by atoms with van der Waals surface area (Å²) in [5.41, 5.74) is 1.55. The standard InChI is InChI=1S/C18H17NO3/c1-14(18(21)19-16-10-6-3-7-11-16)22-17(20)13-12-15-8-4-2-5-9-15/h2-14H,1H3,(H,19,21)/b13-12+/t14-/m1/s1. The van der Waals surface area contributed by atoms with E-state index in [0.717, 1.165) is 5.56 Å². The molecule has 22 heavy (non-hydrogen) atoms. The van der Waals surface area contributed by atoms with Gasteiger partial charge in [0.25, 0.3) is 5.91 Å². The third-order valence-electron chi connectivity index (χ3n) is 2.91. The van der Waals surface area contributed by atoms with Crippen LogP contribution < -0.4 is 5.32 Å². The average Bonchev–Trinajstić information content (AvgIpc) is 2.55. The Balaban J connectivity index is 1.85. The Morgan fingerprint density at radius 3 is 2.23 bits per heavy atom. The molecule has 0 aliphatic rings. The van der Waals surface area contributed by atoms with Gasteiger partial charge in [0.1, 0.15) is 0 Å². The second kappa shape index (κ2) is 7.78. The third-order valence-corrected chi connectivity index (χ3v) is 2.91. The Morgan fingerprint density at radius 2 is 1.59 bits per heavy atom. The van der Waals surface area contributed by atoms with Crippen molar-refractivity contribution in [3.05, 3.63) is 72.3 Å². The van der Waals surface area contributed by atoms with E-state index < -0.39 is 12.1 Å². The van der Waals surface area contributed by atoms with Crippen molar-refractivity contribution < 1.29 is 14.3 Å². The second-order valence-electron chi connectivity index (χ2n) is 4.68. The Kier molecular flexibility index (Phi) is 5.49. The van der Waals surface area contributed by atoms with Gasteiger partial charge in [-0.15, -0.1) is 0 Å². The molecule has 0 radical (unpaired) electrons. The van der Waals surface area contributed by atoms with Crippen molar-refractivity contribution in [2.24, 2.45) is 0 Å². The molecule has 0 aliphatic carbocycles. The maximum absolute atomic E-state index is 11.9. The number of hydrogen-bond acceptors (Lipinski definition) is 3. The lowest BCUT2D eigenvalue weighted by atomic mass is 10.2. The van der Waals surface area contributed by atoms with E-state index in [0.29, 0.717) is 5.69 Å². The number of carbonyl (C=O) groups excluding carboxylic acids is 2. The summed E-state index contributed by atoms with van der Waals surface area (Å²) < 4.78 is 5.07. The molecule has 4 nitrogen and oxygen atoms in total. The topological polar surface area (TPSA) is 55.4 Å². The molecule has 0 aliphatic heterocycles. The molecule has 0 bridgehead atoms. The van der Waals surface area contributed by atoms with Gasteiger partial charge in [0.05, 0.1) is 0 Å². The van der Waals surface area contributed by atoms with Crippen molar-refractivity contribution in [2.75, 3.05) is 5.32 Å². The normalized spacial score (nSPS) is 11.9. The first-order valence-corrected chi connectivity index (χ1v) is 6.95. The number of carbonyl (C=O) groups is 2. The van der Waals surface area contributed by atoms with E-state index in [9.17, 15) is 9.59 Å². The fourth-order valence-electron chi connectivity index (χ4n) is 1.76. The van der Waals surface area contributed by atoms with Crippen LogP contribution in [0.2, 0.25) is 0 Å². The summed E-state index contributed by atoms with van der Waals surface area (Å²) in [6.45, 7) is 1.53. The molecule has 0 aromatic heterocycles. The zero-order valence-electron chi connectivity index (χ0n) is 12.2. The minimum atomic E-state index is -0.867. The predicted molar refractivity (Wildman–Crippen MR) is 86.1 cm³/mol. The van der Waals surface area contributed by atoms with E-state index in [1.807, 2.05) is 48.5 Å². The molecule has 2 aromatic carbocycles. The highest BCUT2D eigenvalue weighted by atomic mass is 16.5. The maximum Gasteiger partial charge on any atom is 0.331 e. The van der Waals surface area contributed by atoms with Crippen LogP contribution in [0.1, 0.15) is 12.5 Å². The Bertz CT molecular complexity index is 651. The highest BCUT2D eigenvalue weighted by Gasteiger charge is 2.16.